The molecule has 17 heavy (non-hydrogen) atoms. The molecule has 0 atom stereocenters. The molecule has 1 aromatic rings. The van der Waals surface area contributed by atoms with E-state index < -0.39 is 36.1 Å². The number of nitrogens with zero attached hydrogens (tertiary/aromatic N) is 1. The Kier molecular flexibility index (Phi) is 3.69. The maximum atomic E-state index is 11.3. The van der Waals surface area contributed by atoms with Gasteiger partial charge >= 0.3 is 5.97 Å². The minimum absolute atomic E-state index is 0.436. The molecule has 0 aliphatic carbocycles. The Balaban J connectivity index is 3.53. The van der Waals surface area contributed by atoms with Gasteiger partial charge in [-0.15, -0.1) is 0 Å². The third-order valence-corrected chi connectivity index (χ3v) is 3.22. The highest BCUT2D eigenvalue weighted by atomic mass is 35.7. The third kappa shape index (κ3) is 2.92. The maximum absolute atomic E-state index is 11.3. The highest BCUT2D eigenvalue weighted by Gasteiger charge is 2.24. The zero-order valence-electron chi connectivity index (χ0n) is 8.41. The average molecular weight is 280 g/mol. The average Bonchev–Trinajstić information content (AvgIpc) is 2.25. The Bertz CT molecular complexity index is 582. The van der Waals surface area contributed by atoms with E-state index >= 15 is 0 Å². The number of hydrogen-bond acceptors (Lipinski definition) is 6. The van der Waals surface area contributed by atoms with Crippen LogP contribution in [0.15, 0.2) is 23.1 Å². The van der Waals surface area contributed by atoms with Crippen molar-refractivity contribution in [3.05, 3.63) is 33.9 Å². The van der Waals surface area contributed by atoms with Gasteiger partial charge in [0.25, 0.3) is 14.7 Å². The quantitative estimate of drug-likeness (QED) is 0.357. The van der Waals surface area contributed by atoms with Crippen LogP contribution in [-0.4, -0.2) is 26.4 Å². The lowest BCUT2D eigenvalue weighted by atomic mass is 10.2. The van der Waals surface area contributed by atoms with Gasteiger partial charge in [0.15, 0.2) is 0 Å². The summed E-state index contributed by atoms with van der Waals surface area (Å²) in [4.78, 5) is 20.5. The molecule has 0 unspecified atom stereocenters. The lowest BCUT2D eigenvalue weighted by Crippen LogP contribution is -2.08. The molecule has 0 aliphatic rings. The number of hydrogen-bond donors (Lipinski definition) is 0. The number of nitro groups is 1. The van der Waals surface area contributed by atoms with E-state index in [9.17, 15) is 23.3 Å². The molecule has 0 aliphatic heterocycles. The van der Waals surface area contributed by atoms with Crippen molar-refractivity contribution in [3.8, 4) is 0 Å². The van der Waals surface area contributed by atoms with Gasteiger partial charge in [-0.05, 0) is 6.07 Å². The van der Waals surface area contributed by atoms with Gasteiger partial charge < -0.3 is 4.74 Å². The second-order valence-corrected chi connectivity index (χ2v) is 5.40. The standard InChI is InChI=1S/C8H6ClNO6S/c1-16-8(11)6-4-5(10(12)13)2-3-7(6)17(9,14)15/h2-4H,1H3. The largest absolute Gasteiger partial charge is 0.465 e. The number of esters is 1. The van der Waals surface area contributed by atoms with Gasteiger partial charge in [-0.25, -0.2) is 13.2 Å². The predicted molar refractivity (Wildman–Crippen MR) is 57.5 cm³/mol. The Morgan fingerprint density at radius 1 is 1.47 bits per heavy atom. The Morgan fingerprint density at radius 2 is 2.06 bits per heavy atom. The Labute approximate surface area is 101 Å². The number of nitro benzene ring substituents is 1. The fraction of sp³-hybridized carbons (Fsp3) is 0.125. The summed E-state index contributed by atoms with van der Waals surface area (Å²) < 4.78 is 26.6. The van der Waals surface area contributed by atoms with Crippen LogP contribution in [0.4, 0.5) is 5.69 Å². The van der Waals surface area contributed by atoms with Crippen LogP contribution < -0.4 is 0 Å². The first-order chi connectivity index (χ1) is 7.77. The van der Waals surface area contributed by atoms with E-state index in [1.54, 1.807) is 0 Å². The molecule has 0 radical (unpaired) electrons. The van der Waals surface area contributed by atoms with E-state index in [1.165, 1.54) is 0 Å². The van der Waals surface area contributed by atoms with Gasteiger partial charge in [0.1, 0.15) is 0 Å². The van der Waals surface area contributed by atoms with Crippen molar-refractivity contribution in [3.63, 3.8) is 0 Å². The lowest BCUT2D eigenvalue weighted by Gasteiger charge is -2.04. The number of non-ortho nitro benzene ring substituents is 1. The van der Waals surface area contributed by atoms with Crippen molar-refractivity contribution in [1.29, 1.82) is 0 Å². The highest BCUT2D eigenvalue weighted by molar-refractivity contribution is 8.13. The fourth-order valence-electron chi connectivity index (χ4n) is 1.11. The first kappa shape index (κ1) is 13.4. The topological polar surface area (TPSA) is 104 Å². The molecule has 0 N–H and O–H groups in total. The molecule has 0 aromatic heterocycles. The van der Waals surface area contributed by atoms with Gasteiger partial charge in [0.2, 0.25) is 0 Å². The predicted octanol–water partition coefficient (Wildman–Crippen LogP) is 1.31. The molecule has 0 heterocycles. The molecule has 0 saturated heterocycles. The first-order valence-electron chi connectivity index (χ1n) is 4.09. The van der Waals surface area contributed by atoms with E-state index in [2.05, 4.69) is 4.74 Å². The number of carbonyl (C=O) groups is 1. The molecule has 7 nitrogen and oxygen atoms in total. The van der Waals surface area contributed by atoms with E-state index in [4.69, 9.17) is 10.7 Å². The van der Waals surface area contributed by atoms with Gasteiger partial charge in [-0.3, -0.25) is 10.1 Å². The van der Waals surface area contributed by atoms with E-state index in [0.29, 0.717) is 0 Å². The second-order valence-electron chi connectivity index (χ2n) is 2.87. The molecule has 0 fully saturated rings. The van der Waals surface area contributed by atoms with Gasteiger partial charge in [0, 0.05) is 22.8 Å². The summed E-state index contributed by atoms with van der Waals surface area (Å²) in [6.07, 6.45) is 0. The van der Waals surface area contributed by atoms with Gasteiger partial charge in [0.05, 0.1) is 22.5 Å². The molecule has 1 aromatic carbocycles. The smallest absolute Gasteiger partial charge is 0.339 e. The third-order valence-electron chi connectivity index (χ3n) is 1.84. The van der Waals surface area contributed by atoms with Crippen LogP contribution in [0.25, 0.3) is 0 Å². The number of halogens is 1. The van der Waals surface area contributed by atoms with Crippen molar-refractivity contribution in [2.24, 2.45) is 0 Å². The summed E-state index contributed by atoms with van der Waals surface area (Å²) in [5, 5.41) is 10.5. The molecule has 0 saturated carbocycles. The molecule has 1 rings (SSSR count). The van der Waals surface area contributed by atoms with Crippen molar-refractivity contribution in [1.82, 2.24) is 0 Å². The highest BCUT2D eigenvalue weighted by Crippen LogP contribution is 2.25. The maximum Gasteiger partial charge on any atom is 0.339 e. The summed E-state index contributed by atoms with van der Waals surface area (Å²) >= 11 is 0. The Hall–Kier alpha value is -1.67. The first-order valence-corrected chi connectivity index (χ1v) is 6.39. The summed E-state index contributed by atoms with van der Waals surface area (Å²) in [7, 11) is 1.93. The van der Waals surface area contributed by atoms with Crippen molar-refractivity contribution < 1.29 is 22.9 Å². The van der Waals surface area contributed by atoms with E-state index in [0.717, 1.165) is 25.3 Å². The lowest BCUT2D eigenvalue weighted by molar-refractivity contribution is -0.384. The van der Waals surface area contributed by atoms with Crippen molar-refractivity contribution >= 4 is 31.4 Å². The molecule has 0 bridgehead atoms. The van der Waals surface area contributed by atoms with Gasteiger partial charge in [-0.2, -0.15) is 0 Å². The molecular formula is C8H6ClNO6S. The summed E-state index contributed by atoms with van der Waals surface area (Å²) in [5.41, 5.74) is -0.911. The summed E-state index contributed by atoms with van der Waals surface area (Å²) in [5.74, 6) is -1.02. The SMILES string of the molecule is COC(=O)c1cc([N+](=O)[O-])ccc1S(=O)(=O)Cl. The monoisotopic (exact) mass is 279 g/mol. The molecule has 0 spiro atoms. The second kappa shape index (κ2) is 4.68. The normalized spacial score (nSPS) is 10.9. The number of carbonyl (C=O) groups excluding carboxylic acids is 1. The number of methoxy groups -OCH3 is 1. The number of benzene rings is 1. The summed E-state index contributed by atoms with van der Waals surface area (Å²) in [6.45, 7) is 0. The van der Waals surface area contributed by atoms with Crippen molar-refractivity contribution in [2.75, 3.05) is 7.11 Å². The fourth-order valence-corrected chi connectivity index (χ4v) is 2.15. The molecular weight excluding hydrogens is 274 g/mol. The number of rotatable bonds is 3. The zero-order chi connectivity index (χ0) is 13.2. The molecule has 9 heteroatoms. The molecule has 92 valence electrons. The summed E-state index contributed by atoms with van der Waals surface area (Å²) in [6, 6.07) is 2.61. The van der Waals surface area contributed by atoms with Crippen LogP contribution in [0, 0.1) is 10.1 Å². The van der Waals surface area contributed by atoms with E-state index in [-0.39, 0.29) is 0 Å². The van der Waals surface area contributed by atoms with Crippen LogP contribution in [-0.2, 0) is 13.8 Å². The minimum atomic E-state index is -4.18. The number of ether oxygens (including phenoxy) is 1. The zero-order valence-corrected chi connectivity index (χ0v) is 9.99. The van der Waals surface area contributed by atoms with Crippen LogP contribution in [0.1, 0.15) is 10.4 Å². The van der Waals surface area contributed by atoms with Crippen LogP contribution in [0.2, 0.25) is 0 Å². The van der Waals surface area contributed by atoms with E-state index in [1.807, 2.05) is 0 Å². The van der Waals surface area contributed by atoms with Crippen LogP contribution in [0.5, 0.6) is 0 Å². The minimum Gasteiger partial charge on any atom is -0.465 e. The van der Waals surface area contributed by atoms with Crippen LogP contribution in [0.3, 0.4) is 0 Å². The molecule has 0 amide bonds. The Morgan fingerprint density at radius 3 is 2.47 bits per heavy atom. The van der Waals surface area contributed by atoms with Gasteiger partial charge in [-0.1, -0.05) is 0 Å². The van der Waals surface area contributed by atoms with Crippen molar-refractivity contribution in [2.45, 2.75) is 4.90 Å². The van der Waals surface area contributed by atoms with Crippen LogP contribution >= 0.6 is 10.7 Å².